The molecule has 82 valence electrons. The highest BCUT2D eigenvalue weighted by atomic mass is 35.5. The van der Waals surface area contributed by atoms with Crippen LogP contribution in [0.25, 0.3) is 0 Å². The van der Waals surface area contributed by atoms with E-state index in [0.717, 1.165) is 24.4 Å². The molecular formula is C13H18ClN. The second-order valence-electron chi connectivity index (χ2n) is 4.96. The second-order valence-corrected chi connectivity index (χ2v) is 5.37. The lowest BCUT2D eigenvalue weighted by molar-refractivity contribution is 0.286. The van der Waals surface area contributed by atoms with Crippen molar-refractivity contribution >= 4 is 11.6 Å². The molecule has 1 aliphatic rings. The minimum atomic E-state index is 0.160. The lowest BCUT2D eigenvalue weighted by Gasteiger charge is -2.40. The van der Waals surface area contributed by atoms with E-state index in [1.807, 2.05) is 12.1 Å². The number of hydrogen-bond donors (Lipinski definition) is 1. The highest BCUT2D eigenvalue weighted by Crippen LogP contribution is 2.42. The molecule has 1 unspecified atom stereocenters. The van der Waals surface area contributed by atoms with Crippen LogP contribution >= 0.6 is 11.6 Å². The number of nitrogens with two attached hydrogens (primary N) is 1. The van der Waals surface area contributed by atoms with Crippen LogP contribution in [0.2, 0.25) is 5.02 Å². The fourth-order valence-electron chi connectivity index (χ4n) is 2.73. The van der Waals surface area contributed by atoms with E-state index >= 15 is 0 Å². The highest BCUT2D eigenvalue weighted by Gasteiger charge is 2.36. The number of benzene rings is 1. The fraction of sp³-hybridized carbons (Fsp3) is 0.538. The van der Waals surface area contributed by atoms with E-state index in [1.54, 1.807) is 0 Å². The van der Waals surface area contributed by atoms with Crippen LogP contribution in [0.3, 0.4) is 0 Å². The van der Waals surface area contributed by atoms with Gasteiger partial charge in [0.1, 0.15) is 0 Å². The maximum absolute atomic E-state index is 6.23. The maximum atomic E-state index is 6.23. The Morgan fingerprint density at radius 1 is 1.47 bits per heavy atom. The minimum Gasteiger partial charge on any atom is -0.330 e. The van der Waals surface area contributed by atoms with Crippen molar-refractivity contribution in [1.82, 2.24) is 0 Å². The fourth-order valence-corrected chi connectivity index (χ4v) is 3.00. The zero-order valence-electron chi connectivity index (χ0n) is 9.39. The summed E-state index contributed by atoms with van der Waals surface area (Å²) in [5.74, 6) is 0.573. The van der Waals surface area contributed by atoms with Crippen molar-refractivity contribution in [3.63, 3.8) is 0 Å². The molecule has 0 saturated carbocycles. The molecule has 1 nitrogen and oxygen atoms in total. The third-order valence-electron chi connectivity index (χ3n) is 3.86. The predicted octanol–water partition coefficient (Wildman–Crippen LogP) is 3.14. The van der Waals surface area contributed by atoms with Crippen LogP contribution < -0.4 is 5.73 Å². The first-order chi connectivity index (χ1) is 7.07. The summed E-state index contributed by atoms with van der Waals surface area (Å²) in [4.78, 5) is 0. The number of rotatable bonds is 1. The first-order valence-electron chi connectivity index (χ1n) is 5.55. The summed E-state index contributed by atoms with van der Waals surface area (Å²) in [6, 6.07) is 6.23. The molecule has 0 amide bonds. The minimum absolute atomic E-state index is 0.160. The second kappa shape index (κ2) is 3.80. The first kappa shape index (κ1) is 11.0. The Morgan fingerprint density at radius 2 is 2.20 bits per heavy atom. The van der Waals surface area contributed by atoms with Crippen LogP contribution in [0.15, 0.2) is 18.2 Å². The summed E-state index contributed by atoms with van der Waals surface area (Å²) in [6.45, 7) is 5.32. The van der Waals surface area contributed by atoms with Gasteiger partial charge in [-0.15, -0.1) is 0 Å². The van der Waals surface area contributed by atoms with Crippen molar-refractivity contribution in [1.29, 1.82) is 0 Å². The Bertz CT molecular complexity index is 371. The topological polar surface area (TPSA) is 26.0 Å². The van der Waals surface area contributed by atoms with Gasteiger partial charge in [0.05, 0.1) is 0 Å². The van der Waals surface area contributed by atoms with Gasteiger partial charge in [0.15, 0.2) is 0 Å². The van der Waals surface area contributed by atoms with Crippen LogP contribution in [-0.4, -0.2) is 6.54 Å². The van der Waals surface area contributed by atoms with Crippen molar-refractivity contribution in [2.75, 3.05) is 6.54 Å². The third-order valence-corrected chi connectivity index (χ3v) is 4.22. The molecule has 2 rings (SSSR count). The van der Waals surface area contributed by atoms with Gasteiger partial charge in [-0.05, 0) is 47.9 Å². The van der Waals surface area contributed by atoms with Crippen LogP contribution in [0.1, 0.15) is 31.4 Å². The molecule has 0 heterocycles. The van der Waals surface area contributed by atoms with Gasteiger partial charge in [-0.25, -0.2) is 0 Å². The highest BCUT2D eigenvalue weighted by molar-refractivity contribution is 6.31. The molecule has 2 heteroatoms. The van der Waals surface area contributed by atoms with E-state index in [1.165, 1.54) is 11.1 Å². The molecule has 0 radical (unpaired) electrons. The standard InChI is InChI=1S/C13H18ClN/c1-13(2)9(8-15)6-7-10-11(13)4-3-5-12(10)14/h3-5,9H,6-8,15H2,1-2H3. The van der Waals surface area contributed by atoms with Crippen LogP contribution in [0.5, 0.6) is 0 Å². The molecule has 0 bridgehead atoms. The molecule has 2 N–H and O–H groups in total. The monoisotopic (exact) mass is 223 g/mol. The first-order valence-corrected chi connectivity index (χ1v) is 5.93. The van der Waals surface area contributed by atoms with Gasteiger partial charge in [-0.3, -0.25) is 0 Å². The smallest absolute Gasteiger partial charge is 0.0440 e. The van der Waals surface area contributed by atoms with Crippen molar-refractivity contribution in [3.05, 3.63) is 34.3 Å². The van der Waals surface area contributed by atoms with Crippen molar-refractivity contribution < 1.29 is 0 Å². The van der Waals surface area contributed by atoms with E-state index in [-0.39, 0.29) is 5.41 Å². The Morgan fingerprint density at radius 3 is 2.87 bits per heavy atom. The van der Waals surface area contributed by atoms with Gasteiger partial charge in [-0.2, -0.15) is 0 Å². The molecule has 1 atom stereocenters. The molecule has 1 aliphatic carbocycles. The van der Waals surface area contributed by atoms with Crippen molar-refractivity contribution in [3.8, 4) is 0 Å². The zero-order chi connectivity index (χ0) is 11.1. The lowest BCUT2D eigenvalue weighted by Crippen LogP contribution is -2.38. The Kier molecular flexibility index (Phi) is 2.78. The molecule has 15 heavy (non-hydrogen) atoms. The van der Waals surface area contributed by atoms with Crippen LogP contribution in [0.4, 0.5) is 0 Å². The summed E-state index contributed by atoms with van der Waals surface area (Å²) in [7, 11) is 0. The summed E-state index contributed by atoms with van der Waals surface area (Å²) in [6.07, 6.45) is 2.22. The van der Waals surface area contributed by atoms with Gasteiger partial charge in [0.25, 0.3) is 0 Å². The SMILES string of the molecule is CC1(C)c2cccc(Cl)c2CCC1CN. The average Bonchev–Trinajstić information content (AvgIpc) is 2.19. The van der Waals surface area contributed by atoms with E-state index in [9.17, 15) is 0 Å². The van der Waals surface area contributed by atoms with E-state index < -0.39 is 0 Å². The molecule has 1 aromatic rings. The van der Waals surface area contributed by atoms with Gasteiger partial charge < -0.3 is 5.73 Å². The summed E-state index contributed by atoms with van der Waals surface area (Å²) in [5.41, 5.74) is 8.71. The molecule has 0 saturated heterocycles. The van der Waals surface area contributed by atoms with E-state index in [2.05, 4.69) is 19.9 Å². The molecule has 0 aliphatic heterocycles. The Hall–Kier alpha value is -0.530. The normalized spacial score (nSPS) is 23.6. The van der Waals surface area contributed by atoms with Crippen LogP contribution in [0, 0.1) is 5.92 Å². The number of halogens is 1. The quantitative estimate of drug-likeness (QED) is 0.778. The van der Waals surface area contributed by atoms with E-state index in [0.29, 0.717) is 5.92 Å². The largest absolute Gasteiger partial charge is 0.330 e. The van der Waals surface area contributed by atoms with Gasteiger partial charge in [-0.1, -0.05) is 37.6 Å². The Balaban J connectivity index is 2.52. The van der Waals surface area contributed by atoms with Gasteiger partial charge in [0, 0.05) is 5.02 Å². The van der Waals surface area contributed by atoms with Crippen LogP contribution in [-0.2, 0) is 11.8 Å². The van der Waals surface area contributed by atoms with Gasteiger partial charge in [0.2, 0.25) is 0 Å². The average molecular weight is 224 g/mol. The lowest BCUT2D eigenvalue weighted by atomic mass is 9.65. The predicted molar refractivity (Wildman–Crippen MR) is 65.3 cm³/mol. The summed E-state index contributed by atoms with van der Waals surface area (Å²) in [5, 5.41) is 0.913. The summed E-state index contributed by atoms with van der Waals surface area (Å²) >= 11 is 6.23. The molecule has 0 fully saturated rings. The number of hydrogen-bond acceptors (Lipinski definition) is 1. The molecule has 0 spiro atoms. The van der Waals surface area contributed by atoms with Crippen molar-refractivity contribution in [2.24, 2.45) is 11.7 Å². The van der Waals surface area contributed by atoms with E-state index in [4.69, 9.17) is 17.3 Å². The Labute approximate surface area is 96.6 Å². The van der Waals surface area contributed by atoms with Crippen molar-refractivity contribution in [2.45, 2.75) is 32.1 Å². The maximum Gasteiger partial charge on any atom is 0.0440 e. The summed E-state index contributed by atoms with van der Waals surface area (Å²) < 4.78 is 0. The third kappa shape index (κ3) is 1.68. The van der Waals surface area contributed by atoms with Gasteiger partial charge >= 0.3 is 0 Å². The number of fused-ring (bicyclic) bond motifs is 1. The molecular weight excluding hydrogens is 206 g/mol. The molecule has 0 aromatic heterocycles. The molecule has 1 aromatic carbocycles. The zero-order valence-corrected chi connectivity index (χ0v) is 10.1.